The Hall–Kier alpha value is -0.760. The molecule has 16 heavy (non-hydrogen) atoms. The topological polar surface area (TPSA) is 18.5 Å². The maximum atomic E-state index is 12.4. The summed E-state index contributed by atoms with van der Waals surface area (Å²) in [5.41, 5.74) is -4.27. The Kier molecular flexibility index (Phi) is 4.81. The molecule has 0 aromatic carbocycles. The predicted molar refractivity (Wildman–Crippen MR) is 42.6 cm³/mol. The second kappa shape index (κ2) is 5.05. The lowest BCUT2D eigenvalue weighted by atomic mass is 9.98. The maximum absolute atomic E-state index is 12.4. The normalized spacial score (nSPS) is 13.9. The second-order valence-electron chi connectivity index (χ2n) is 2.87. The van der Waals surface area contributed by atoms with E-state index < -0.39 is 31.2 Å². The number of hydrogen-bond donors (Lipinski definition) is 0. The van der Waals surface area contributed by atoms with Crippen LogP contribution >= 0.6 is 0 Å². The molecule has 0 saturated carbocycles. The number of methoxy groups -OCH3 is 1. The van der Waals surface area contributed by atoms with E-state index in [1.807, 2.05) is 0 Å². The van der Waals surface area contributed by atoms with Crippen molar-refractivity contribution in [2.75, 3.05) is 13.9 Å². The van der Waals surface area contributed by atoms with E-state index in [9.17, 15) is 26.3 Å². The van der Waals surface area contributed by atoms with Crippen molar-refractivity contribution in [1.82, 2.24) is 0 Å². The summed E-state index contributed by atoms with van der Waals surface area (Å²) in [6.07, 6.45) is -12.1. The zero-order valence-corrected chi connectivity index (χ0v) is 8.28. The van der Waals surface area contributed by atoms with E-state index in [-0.39, 0.29) is 0 Å². The van der Waals surface area contributed by atoms with Gasteiger partial charge in [0.1, 0.15) is 6.79 Å². The molecule has 0 aliphatic heterocycles. The maximum Gasteiger partial charge on any atom is 0.426 e. The quantitative estimate of drug-likeness (QED) is 0.425. The van der Waals surface area contributed by atoms with Crippen molar-refractivity contribution in [1.29, 1.82) is 0 Å². The lowest BCUT2D eigenvalue weighted by molar-refractivity contribution is -0.390. The Morgan fingerprint density at radius 1 is 1.06 bits per heavy atom. The molecule has 0 saturated heterocycles. The van der Waals surface area contributed by atoms with Gasteiger partial charge in [0.25, 0.3) is 5.60 Å². The van der Waals surface area contributed by atoms with E-state index in [2.05, 4.69) is 16.1 Å². The van der Waals surface area contributed by atoms with Crippen LogP contribution < -0.4 is 0 Å². The van der Waals surface area contributed by atoms with E-state index in [4.69, 9.17) is 0 Å². The molecule has 8 heteroatoms. The smallest absolute Gasteiger partial charge is 0.359 e. The van der Waals surface area contributed by atoms with Gasteiger partial charge in [-0.25, -0.2) is 0 Å². The van der Waals surface area contributed by atoms with Crippen LogP contribution in [0, 0.1) is 0 Å². The molecular weight excluding hydrogens is 242 g/mol. The monoisotopic (exact) mass is 252 g/mol. The third-order valence-electron chi connectivity index (χ3n) is 1.77. The van der Waals surface area contributed by atoms with Gasteiger partial charge in [-0.05, 0) is 0 Å². The summed E-state index contributed by atoms with van der Waals surface area (Å²) < 4.78 is 82.5. The molecule has 0 aliphatic carbocycles. The highest BCUT2D eigenvalue weighted by Gasteiger charge is 2.71. The molecule has 0 heterocycles. The van der Waals surface area contributed by atoms with Crippen LogP contribution in [-0.4, -0.2) is 31.9 Å². The summed E-state index contributed by atoms with van der Waals surface area (Å²) >= 11 is 0. The molecule has 0 aromatic rings. The Morgan fingerprint density at radius 3 is 1.75 bits per heavy atom. The minimum atomic E-state index is -5.60. The number of alkyl halides is 6. The number of rotatable bonds is 5. The summed E-state index contributed by atoms with van der Waals surface area (Å²) in [6.45, 7) is 1.74. The van der Waals surface area contributed by atoms with Gasteiger partial charge in [0.2, 0.25) is 0 Å². The molecule has 0 N–H and O–H groups in total. The molecule has 0 aromatic heterocycles. The number of ether oxygens (including phenoxy) is 2. The minimum absolute atomic E-state index is 0.497. The van der Waals surface area contributed by atoms with Crippen LogP contribution in [0.3, 0.4) is 0 Å². The SMILES string of the molecule is C=CCC(OCOC)(C(F)(F)F)C(F)(F)F. The third kappa shape index (κ3) is 2.88. The van der Waals surface area contributed by atoms with Gasteiger partial charge in [-0.3, -0.25) is 0 Å². The Labute approximate surface area is 87.8 Å². The Balaban J connectivity index is 5.31. The molecule has 0 amide bonds. The first-order chi connectivity index (χ1) is 7.12. The average molecular weight is 252 g/mol. The Bertz CT molecular complexity index is 218. The van der Waals surface area contributed by atoms with Gasteiger partial charge in [-0.2, -0.15) is 26.3 Å². The van der Waals surface area contributed by atoms with Crippen LogP contribution in [0.2, 0.25) is 0 Å². The van der Waals surface area contributed by atoms with E-state index in [1.165, 1.54) is 0 Å². The van der Waals surface area contributed by atoms with Gasteiger partial charge in [0.05, 0.1) is 0 Å². The van der Waals surface area contributed by atoms with E-state index in [0.29, 0.717) is 6.08 Å². The summed E-state index contributed by atoms with van der Waals surface area (Å²) in [5, 5.41) is 0. The van der Waals surface area contributed by atoms with Gasteiger partial charge >= 0.3 is 12.4 Å². The fourth-order valence-corrected chi connectivity index (χ4v) is 0.978. The van der Waals surface area contributed by atoms with Crippen LogP contribution in [0.15, 0.2) is 12.7 Å². The van der Waals surface area contributed by atoms with Gasteiger partial charge in [0, 0.05) is 13.5 Å². The first-order valence-electron chi connectivity index (χ1n) is 3.99. The summed E-state index contributed by atoms with van der Waals surface area (Å²) in [6, 6.07) is 0. The molecule has 96 valence electrons. The van der Waals surface area contributed by atoms with E-state index >= 15 is 0 Å². The van der Waals surface area contributed by atoms with Gasteiger partial charge in [0.15, 0.2) is 0 Å². The van der Waals surface area contributed by atoms with Gasteiger partial charge in [-0.15, -0.1) is 6.58 Å². The predicted octanol–water partition coefficient (Wildman–Crippen LogP) is 3.05. The van der Waals surface area contributed by atoms with E-state index in [1.54, 1.807) is 0 Å². The highest BCUT2D eigenvalue weighted by atomic mass is 19.4. The molecule has 0 radical (unpaired) electrons. The van der Waals surface area contributed by atoms with Crippen LogP contribution in [0.1, 0.15) is 6.42 Å². The van der Waals surface area contributed by atoms with Crippen molar-refractivity contribution in [3.8, 4) is 0 Å². The zero-order chi connectivity index (χ0) is 13.0. The molecule has 0 spiro atoms. The van der Waals surface area contributed by atoms with Crippen LogP contribution in [0.25, 0.3) is 0 Å². The lowest BCUT2D eigenvalue weighted by Gasteiger charge is -2.35. The molecule has 0 unspecified atom stereocenters. The first-order valence-corrected chi connectivity index (χ1v) is 3.99. The zero-order valence-electron chi connectivity index (χ0n) is 8.28. The summed E-state index contributed by atoms with van der Waals surface area (Å²) in [7, 11) is 0.922. The number of hydrogen-bond acceptors (Lipinski definition) is 2. The van der Waals surface area contributed by atoms with Crippen molar-refractivity contribution >= 4 is 0 Å². The molecule has 0 aliphatic rings. The summed E-state index contributed by atoms with van der Waals surface area (Å²) in [5.74, 6) is 0. The van der Waals surface area contributed by atoms with Crippen molar-refractivity contribution < 1.29 is 35.8 Å². The molecular formula is C8H10F6O2. The van der Waals surface area contributed by atoms with Crippen molar-refractivity contribution in [3.05, 3.63) is 12.7 Å². The molecule has 0 bridgehead atoms. The molecule has 0 atom stereocenters. The van der Waals surface area contributed by atoms with Crippen LogP contribution in [0.4, 0.5) is 26.3 Å². The van der Waals surface area contributed by atoms with Crippen molar-refractivity contribution in [2.45, 2.75) is 24.4 Å². The lowest BCUT2D eigenvalue weighted by Crippen LogP contribution is -2.58. The highest BCUT2D eigenvalue weighted by molar-refractivity contribution is 5.00. The molecule has 0 rings (SSSR count). The molecule has 2 nitrogen and oxygen atoms in total. The van der Waals surface area contributed by atoms with Crippen LogP contribution in [-0.2, 0) is 9.47 Å². The Morgan fingerprint density at radius 2 is 1.50 bits per heavy atom. The minimum Gasteiger partial charge on any atom is -0.359 e. The third-order valence-corrected chi connectivity index (χ3v) is 1.77. The van der Waals surface area contributed by atoms with Crippen molar-refractivity contribution in [2.24, 2.45) is 0 Å². The standard InChI is InChI=1S/C8H10F6O2/c1-3-4-6(7(9,10)11,8(12,13)14)16-5-15-2/h3H,1,4-5H2,2H3. The largest absolute Gasteiger partial charge is 0.426 e. The van der Waals surface area contributed by atoms with Crippen LogP contribution in [0.5, 0.6) is 0 Å². The van der Waals surface area contributed by atoms with Gasteiger partial charge in [-0.1, -0.05) is 6.08 Å². The van der Waals surface area contributed by atoms with Gasteiger partial charge < -0.3 is 9.47 Å². The number of halogens is 6. The fraction of sp³-hybridized carbons (Fsp3) is 0.750. The fourth-order valence-electron chi connectivity index (χ4n) is 0.978. The van der Waals surface area contributed by atoms with Crippen molar-refractivity contribution in [3.63, 3.8) is 0 Å². The first kappa shape index (κ1) is 15.2. The highest BCUT2D eigenvalue weighted by Crippen LogP contribution is 2.48. The second-order valence-corrected chi connectivity index (χ2v) is 2.87. The molecule has 0 fully saturated rings. The average Bonchev–Trinajstić information content (AvgIpc) is 2.08. The van der Waals surface area contributed by atoms with E-state index in [0.717, 1.165) is 7.11 Å². The summed E-state index contributed by atoms with van der Waals surface area (Å²) in [4.78, 5) is 0.